The number of benzene rings is 2. The van der Waals surface area contributed by atoms with Crippen LogP contribution in [-0.2, 0) is 9.59 Å². The summed E-state index contributed by atoms with van der Waals surface area (Å²) in [7, 11) is 0. The summed E-state index contributed by atoms with van der Waals surface area (Å²) < 4.78 is 0. The van der Waals surface area contributed by atoms with Crippen LogP contribution in [0, 0.1) is 0 Å². The number of hydrogen-bond acceptors (Lipinski definition) is 5. The van der Waals surface area contributed by atoms with Crippen LogP contribution < -0.4 is 22.1 Å². The van der Waals surface area contributed by atoms with Crippen molar-refractivity contribution in [3.8, 4) is 0 Å². The van der Waals surface area contributed by atoms with E-state index in [1.807, 2.05) is 5.32 Å². The molecule has 0 aliphatic carbocycles. The Labute approximate surface area is 136 Å². The standard InChI is InChI=1S/C15H13ClN4O3/c16-11-7-10(18)5-6-12(11)19-14(22)15(23)20-13(21)8-1-3-9(17)4-2-8/h1-7H,17-18H2,(H,19,22)(H,20,21,23). The van der Waals surface area contributed by atoms with Gasteiger partial charge in [0.25, 0.3) is 5.91 Å². The lowest BCUT2D eigenvalue weighted by Crippen LogP contribution is -2.39. The minimum Gasteiger partial charge on any atom is -0.399 e. The zero-order valence-corrected chi connectivity index (χ0v) is 12.6. The molecule has 0 spiro atoms. The summed E-state index contributed by atoms with van der Waals surface area (Å²) in [5.74, 6) is -2.85. The maximum absolute atomic E-state index is 11.8. The first kappa shape index (κ1) is 16.3. The third-order valence-electron chi connectivity index (χ3n) is 2.85. The molecule has 0 heterocycles. The molecule has 2 aromatic carbocycles. The number of nitrogen functional groups attached to an aromatic ring is 2. The second-order valence-electron chi connectivity index (χ2n) is 4.60. The molecular weight excluding hydrogens is 320 g/mol. The summed E-state index contributed by atoms with van der Waals surface area (Å²) in [6.45, 7) is 0. The maximum atomic E-state index is 11.8. The normalized spacial score (nSPS) is 9.96. The fourth-order valence-corrected chi connectivity index (χ4v) is 1.91. The van der Waals surface area contributed by atoms with Gasteiger partial charge in [-0.25, -0.2) is 0 Å². The van der Waals surface area contributed by atoms with Crippen molar-refractivity contribution >= 4 is 46.4 Å². The molecule has 2 aromatic rings. The van der Waals surface area contributed by atoms with Crippen LogP contribution in [0.15, 0.2) is 42.5 Å². The molecule has 0 unspecified atom stereocenters. The molecular formula is C15H13ClN4O3. The lowest BCUT2D eigenvalue weighted by atomic mass is 10.2. The van der Waals surface area contributed by atoms with Crippen LogP contribution >= 0.6 is 11.6 Å². The molecule has 0 atom stereocenters. The van der Waals surface area contributed by atoms with E-state index in [9.17, 15) is 14.4 Å². The van der Waals surface area contributed by atoms with Crippen molar-refractivity contribution in [3.63, 3.8) is 0 Å². The van der Waals surface area contributed by atoms with Crippen molar-refractivity contribution in [1.29, 1.82) is 0 Å². The van der Waals surface area contributed by atoms with Crippen molar-refractivity contribution in [1.82, 2.24) is 5.32 Å². The van der Waals surface area contributed by atoms with E-state index >= 15 is 0 Å². The second kappa shape index (κ2) is 6.80. The molecule has 7 nitrogen and oxygen atoms in total. The smallest absolute Gasteiger partial charge is 0.316 e. The van der Waals surface area contributed by atoms with Gasteiger partial charge in [0, 0.05) is 16.9 Å². The Bertz CT molecular complexity index is 775. The average Bonchev–Trinajstić information content (AvgIpc) is 2.50. The Morgan fingerprint density at radius 1 is 0.870 bits per heavy atom. The van der Waals surface area contributed by atoms with Crippen LogP contribution in [0.2, 0.25) is 5.02 Å². The van der Waals surface area contributed by atoms with Gasteiger partial charge in [-0.15, -0.1) is 0 Å². The van der Waals surface area contributed by atoms with Gasteiger partial charge in [0.15, 0.2) is 0 Å². The summed E-state index contributed by atoms with van der Waals surface area (Å²) in [5.41, 5.74) is 12.3. The first-order valence-electron chi connectivity index (χ1n) is 6.44. The highest BCUT2D eigenvalue weighted by Gasteiger charge is 2.18. The molecule has 0 saturated carbocycles. The van der Waals surface area contributed by atoms with Gasteiger partial charge in [0.1, 0.15) is 0 Å². The van der Waals surface area contributed by atoms with E-state index in [1.165, 1.54) is 42.5 Å². The fourth-order valence-electron chi connectivity index (χ4n) is 1.68. The number of nitrogens with two attached hydrogens (primary N) is 2. The van der Waals surface area contributed by atoms with E-state index in [1.54, 1.807) is 0 Å². The number of carbonyl (C=O) groups excluding carboxylic acids is 3. The molecule has 0 fully saturated rings. The Hall–Kier alpha value is -3.06. The number of nitrogens with one attached hydrogen (secondary N) is 2. The highest BCUT2D eigenvalue weighted by Crippen LogP contribution is 2.23. The summed E-state index contributed by atoms with van der Waals surface area (Å²) >= 11 is 5.89. The van der Waals surface area contributed by atoms with Crippen LogP contribution in [-0.4, -0.2) is 17.7 Å². The van der Waals surface area contributed by atoms with E-state index in [0.29, 0.717) is 11.4 Å². The predicted molar refractivity (Wildman–Crippen MR) is 87.8 cm³/mol. The summed E-state index contributed by atoms with van der Waals surface area (Å²) in [6.07, 6.45) is 0. The van der Waals surface area contributed by atoms with Gasteiger partial charge in [0.2, 0.25) is 0 Å². The lowest BCUT2D eigenvalue weighted by molar-refractivity contribution is -0.135. The van der Waals surface area contributed by atoms with Crippen LogP contribution in [0.3, 0.4) is 0 Å². The maximum Gasteiger partial charge on any atom is 0.316 e. The summed E-state index contributed by atoms with van der Waals surface area (Å²) in [6, 6.07) is 10.3. The van der Waals surface area contributed by atoms with Crippen molar-refractivity contribution < 1.29 is 14.4 Å². The first-order chi connectivity index (χ1) is 10.9. The molecule has 0 saturated heterocycles. The zero-order chi connectivity index (χ0) is 17.0. The van der Waals surface area contributed by atoms with E-state index in [2.05, 4.69) is 5.32 Å². The fraction of sp³-hybridized carbons (Fsp3) is 0. The molecule has 8 heteroatoms. The summed E-state index contributed by atoms with van der Waals surface area (Å²) in [4.78, 5) is 35.4. The van der Waals surface area contributed by atoms with E-state index < -0.39 is 17.7 Å². The van der Waals surface area contributed by atoms with Gasteiger partial charge in [-0.2, -0.15) is 0 Å². The van der Waals surface area contributed by atoms with Gasteiger partial charge in [-0.3, -0.25) is 19.7 Å². The number of carbonyl (C=O) groups is 3. The van der Waals surface area contributed by atoms with Gasteiger partial charge in [0.05, 0.1) is 10.7 Å². The van der Waals surface area contributed by atoms with Gasteiger partial charge in [-0.1, -0.05) is 11.6 Å². The van der Waals surface area contributed by atoms with Crippen molar-refractivity contribution in [3.05, 3.63) is 53.1 Å². The molecule has 0 bridgehead atoms. The minimum atomic E-state index is -1.11. The molecule has 2 rings (SSSR count). The third-order valence-corrected chi connectivity index (χ3v) is 3.16. The molecule has 0 aliphatic rings. The Kier molecular flexibility index (Phi) is 4.82. The van der Waals surface area contributed by atoms with E-state index in [0.717, 1.165) is 0 Å². The number of imide groups is 1. The van der Waals surface area contributed by atoms with Crippen molar-refractivity contribution in [2.45, 2.75) is 0 Å². The summed E-state index contributed by atoms with van der Waals surface area (Å²) in [5, 5.41) is 4.44. The van der Waals surface area contributed by atoms with Crippen LogP contribution in [0.5, 0.6) is 0 Å². The second-order valence-corrected chi connectivity index (χ2v) is 5.01. The molecule has 0 aliphatic heterocycles. The molecule has 118 valence electrons. The molecule has 0 aromatic heterocycles. The van der Waals surface area contributed by atoms with Crippen LogP contribution in [0.25, 0.3) is 0 Å². The lowest BCUT2D eigenvalue weighted by Gasteiger charge is -2.08. The third kappa shape index (κ3) is 4.21. The average molecular weight is 333 g/mol. The van der Waals surface area contributed by atoms with Crippen molar-refractivity contribution in [2.24, 2.45) is 0 Å². The predicted octanol–water partition coefficient (Wildman–Crippen LogP) is 1.40. The monoisotopic (exact) mass is 332 g/mol. The number of anilines is 3. The quantitative estimate of drug-likeness (QED) is 0.488. The van der Waals surface area contributed by atoms with Gasteiger partial charge in [-0.05, 0) is 42.5 Å². The first-order valence-corrected chi connectivity index (χ1v) is 6.82. The molecule has 0 radical (unpaired) electrons. The number of halogens is 1. The van der Waals surface area contributed by atoms with Crippen molar-refractivity contribution in [2.75, 3.05) is 16.8 Å². The van der Waals surface area contributed by atoms with Gasteiger partial charge >= 0.3 is 11.8 Å². The zero-order valence-electron chi connectivity index (χ0n) is 11.8. The molecule has 3 amide bonds. The largest absolute Gasteiger partial charge is 0.399 e. The Morgan fingerprint density at radius 3 is 2.09 bits per heavy atom. The highest BCUT2D eigenvalue weighted by atomic mass is 35.5. The van der Waals surface area contributed by atoms with E-state index in [-0.39, 0.29) is 16.3 Å². The Morgan fingerprint density at radius 2 is 1.48 bits per heavy atom. The number of amides is 3. The minimum absolute atomic E-state index is 0.177. The Balaban J connectivity index is 2.01. The highest BCUT2D eigenvalue weighted by molar-refractivity contribution is 6.43. The molecule has 6 N–H and O–H groups in total. The molecule has 23 heavy (non-hydrogen) atoms. The van der Waals surface area contributed by atoms with Crippen LogP contribution in [0.4, 0.5) is 17.1 Å². The van der Waals surface area contributed by atoms with E-state index in [4.69, 9.17) is 23.1 Å². The SMILES string of the molecule is Nc1ccc(C(=O)NC(=O)C(=O)Nc2ccc(N)cc2Cl)cc1. The topological polar surface area (TPSA) is 127 Å². The van der Waals surface area contributed by atoms with Crippen LogP contribution in [0.1, 0.15) is 10.4 Å². The number of hydrogen-bond donors (Lipinski definition) is 4. The van der Waals surface area contributed by atoms with Gasteiger partial charge < -0.3 is 16.8 Å². The number of rotatable bonds is 2.